The molecule has 0 aliphatic carbocycles. The summed E-state index contributed by atoms with van der Waals surface area (Å²) in [5.74, 6) is -1.48. The van der Waals surface area contributed by atoms with E-state index in [0.29, 0.717) is 16.8 Å². The number of amides is 1. The fraction of sp³-hybridized carbons (Fsp3) is 0.118. The van der Waals surface area contributed by atoms with E-state index in [1.165, 1.54) is 50.6 Å². The number of methoxy groups -OCH3 is 2. The number of carbonyl (C=O) groups excluding carboxylic acids is 3. The van der Waals surface area contributed by atoms with Gasteiger partial charge in [-0.2, -0.15) is 0 Å². The summed E-state index contributed by atoms with van der Waals surface area (Å²) in [7, 11) is 2.52. The van der Waals surface area contributed by atoms with Gasteiger partial charge in [0.1, 0.15) is 0 Å². The summed E-state index contributed by atoms with van der Waals surface area (Å²) in [6.07, 6.45) is 0. The first-order valence-corrected chi connectivity index (χ1v) is 7.21. The number of benzene rings is 2. The predicted molar refractivity (Wildman–Crippen MR) is 88.5 cm³/mol. The quantitative estimate of drug-likeness (QED) is 0.859. The second kappa shape index (κ2) is 7.61. The zero-order chi connectivity index (χ0) is 17.7. The average molecular weight is 348 g/mol. The fourth-order valence-corrected chi connectivity index (χ4v) is 2.14. The van der Waals surface area contributed by atoms with Gasteiger partial charge in [-0.1, -0.05) is 11.6 Å². The lowest BCUT2D eigenvalue weighted by Gasteiger charge is -2.08. The Morgan fingerprint density at radius 2 is 1.46 bits per heavy atom. The summed E-state index contributed by atoms with van der Waals surface area (Å²) in [5.41, 5.74) is 1.23. The molecule has 0 fully saturated rings. The largest absolute Gasteiger partial charge is 0.465 e. The summed E-state index contributed by atoms with van der Waals surface area (Å²) in [5, 5.41) is 2.87. The van der Waals surface area contributed by atoms with Crippen LogP contribution in [0.1, 0.15) is 31.1 Å². The summed E-state index contributed by atoms with van der Waals surface area (Å²) < 4.78 is 9.22. The molecule has 24 heavy (non-hydrogen) atoms. The molecule has 0 saturated heterocycles. The molecule has 2 aromatic rings. The van der Waals surface area contributed by atoms with Gasteiger partial charge in [-0.3, -0.25) is 4.79 Å². The van der Waals surface area contributed by atoms with Gasteiger partial charge >= 0.3 is 11.9 Å². The van der Waals surface area contributed by atoms with Crippen molar-refractivity contribution < 1.29 is 23.9 Å². The van der Waals surface area contributed by atoms with Crippen molar-refractivity contribution in [2.24, 2.45) is 0 Å². The Morgan fingerprint density at radius 3 is 2.04 bits per heavy atom. The molecule has 7 heteroatoms. The second-order valence-corrected chi connectivity index (χ2v) is 5.12. The number of halogens is 1. The monoisotopic (exact) mass is 347 g/mol. The lowest BCUT2D eigenvalue weighted by Crippen LogP contribution is -2.13. The van der Waals surface area contributed by atoms with E-state index in [0.717, 1.165) is 0 Å². The van der Waals surface area contributed by atoms with Crippen LogP contribution in [0.5, 0.6) is 0 Å². The smallest absolute Gasteiger partial charge is 0.339 e. The summed E-state index contributed by atoms with van der Waals surface area (Å²) in [6, 6.07) is 10.5. The Kier molecular flexibility index (Phi) is 5.55. The number of nitrogens with one attached hydrogen (secondary N) is 1. The van der Waals surface area contributed by atoms with Crippen LogP contribution in [0.2, 0.25) is 5.02 Å². The van der Waals surface area contributed by atoms with Gasteiger partial charge in [-0.05, 0) is 42.5 Å². The Hall–Kier alpha value is -2.86. The Balaban J connectivity index is 2.17. The molecule has 2 rings (SSSR count). The van der Waals surface area contributed by atoms with Crippen molar-refractivity contribution in [2.45, 2.75) is 0 Å². The molecule has 0 aromatic heterocycles. The number of hydrogen-bond donors (Lipinski definition) is 1. The van der Waals surface area contributed by atoms with Crippen molar-refractivity contribution in [3.63, 3.8) is 0 Å². The third kappa shape index (κ3) is 3.91. The zero-order valence-electron chi connectivity index (χ0n) is 13.0. The first kappa shape index (κ1) is 17.5. The van der Waals surface area contributed by atoms with Crippen molar-refractivity contribution >= 4 is 35.1 Å². The number of carbonyl (C=O) groups is 3. The van der Waals surface area contributed by atoms with E-state index in [1.807, 2.05) is 0 Å². The van der Waals surface area contributed by atoms with Crippen LogP contribution in [-0.4, -0.2) is 32.1 Å². The maximum atomic E-state index is 12.2. The highest BCUT2D eigenvalue weighted by molar-refractivity contribution is 6.33. The van der Waals surface area contributed by atoms with Crippen LogP contribution in [0.25, 0.3) is 0 Å². The highest BCUT2D eigenvalue weighted by atomic mass is 35.5. The van der Waals surface area contributed by atoms with Crippen molar-refractivity contribution in [1.29, 1.82) is 0 Å². The minimum Gasteiger partial charge on any atom is -0.465 e. The van der Waals surface area contributed by atoms with E-state index in [1.54, 1.807) is 6.07 Å². The Labute approximate surface area is 143 Å². The molecule has 124 valence electrons. The second-order valence-electron chi connectivity index (χ2n) is 4.71. The lowest BCUT2D eigenvalue weighted by molar-refractivity contribution is 0.0592. The topological polar surface area (TPSA) is 81.7 Å². The summed E-state index contributed by atoms with van der Waals surface area (Å²) in [6.45, 7) is 0. The minimum absolute atomic E-state index is 0.151. The SMILES string of the molecule is COC(=O)c1ccc(C(=O)Nc2ccc(Cl)c(C(=O)OC)c2)cc1. The molecule has 0 aliphatic heterocycles. The molecule has 0 unspecified atom stereocenters. The number of esters is 2. The first-order chi connectivity index (χ1) is 11.5. The van der Waals surface area contributed by atoms with Gasteiger partial charge in [0.05, 0.1) is 30.4 Å². The molecule has 6 nitrogen and oxygen atoms in total. The van der Waals surface area contributed by atoms with Gasteiger partial charge in [0.25, 0.3) is 5.91 Å². The van der Waals surface area contributed by atoms with Crippen molar-refractivity contribution in [2.75, 3.05) is 19.5 Å². The van der Waals surface area contributed by atoms with Crippen LogP contribution < -0.4 is 5.32 Å². The summed E-state index contributed by atoms with van der Waals surface area (Å²) in [4.78, 5) is 35.2. The van der Waals surface area contributed by atoms with Crippen LogP contribution >= 0.6 is 11.6 Å². The van der Waals surface area contributed by atoms with E-state index in [-0.39, 0.29) is 10.6 Å². The standard InChI is InChI=1S/C17H14ClNO5/c1-23-16(21)11-5-3-10(4-6-11)15(20)19-12-7-8-14(18)13(9-12)17(22)24-2/h3-9H,1-2H3,(H,19,20). The zero-order valence-corrected chi connectivity index (χ0v) is 13.7. The normalized spacial score (nSPS) is 9.96. The predicted octanol–water partition coefficient (Wildman–Crippen LogP) is 3.17. The molecule has 0 spiro atoms. The van der Waals surface area contributed by atoms with Gasteiger partial charge < -0.3 is 14.8 Å². The number of hydrogen-bond acceptors (Lipinski definition) is 5. The van der Waals surface area contributed by atoms with Gasteiger partial charge in [0.2, 0.25) is 0 Å². The molecule has 0 radical (unpaired) electrons. The van der Waals surface area contributed by atoms with E-state index < -0.39 is 17.8 Å². The van der Waals surface area contributed by atoms with Crippen molar-refractivity contribution in [1.82, 2.24) is 0 Å². The molecule has 2 aromatic carbocycles. The maximum absolute atomic E-state index is 12.2. The van der Waals surface area contributed by atoms with E-state index in [2.05, 4.69) is 14.8 Å². The Bertz CT molecular complexity index is 786. The molecule has 1 amide bonds. The molecule has 0 atom stereocenters. The third-order valence-corrected chi connectivity index (χ3v) is 3.53. The van der Waals surface area contributed by atoms with Crippen molar-refractivity contribution in [3.05, 3.63) is 64.2 Å². The van der Waals surface area contributed by atoms with E-state index in [4.69, 9.17) is 11.6 Å². The number of anilines is 1. The van der Waals surface area contributed by atoms with Crippen LogP contribution in [0.15, 0.2) is 42.5 Å². The average Bonchev–Trinajstić information content (AvgIpc) is 2.62. The maximum Gasteiger partial charge on any atom is 0.339 e. The van der Waals surface area contributed by atoms with Gasteiger partial charge in [-0.25, -0.2) is 9.59 Å². The van der Waals surface area contributed by atoms with Crippen LogP contribution in [0.4, 0.5) is 5.69 Å². The molecular weight excluding hydrogens is 334 g/mol. The van der Waals surface area contributed by atoms with E-state index in [9.17, 15) is 14.4 Å². The first-order valence-electron chi connectivity index (χ1n) is 6.84. The highest BCUT2D eigenvalue weighted by Crippen LogP contribution is 2.22. The minimum atomic E-state index is -0.599. The van der Waals surface area contributed by atoms with Gasteiger partial charge in [-0.15, -0.1) is 0 Å². The van der Waals surface area contributed by atoms with Gasteiger partial charge in [0.15, 0.2) is 0 Å². The molecule has 1 N–H and O–H groups in total. The van der Waals surface area contributed by atoms with Crippen LogP contribution in [-0.2, 0) is 9.47 Å². The van der Waals surface area contributed by atoms with Crippen molar-refractivity contribution in [3.8, 4) is 0 Å². The summed E-state index contributed by atoms with van der Waals surface area (Å²) >= 11 is 5.93. The molecule has 0 saturated carbocycles. The number of ether oxygens (including phenoxy) is 2. The van der Waals surface area contributed by atoms with E-state index >= 15 is 0 Å². The molecular formula is C17H14ClNO5. The fourth-order valence-electron chi connectivity index (χ4n) is 1.95. The Morgan fingerprint density at radius 1 is 0.875 bits per heavy atom. The lowest BCUT2D eigenvalue weighted by atomic mass is 10.1. The van der Waals surface area contributed by atoms with Crippen LogP contribution in [0.3, 0.4) is 0 Å². The molecule has 0 bridgehead atoms. The molecule has 0 heterocycles. The highest BCUT2D eigenvalue weighted by Gasteiger charge is 2.14. The van der Waals surface area contributed by atoms with Gasteiger partial charge in [0, 0.05) is 11.3 Å². The number of rotatable bonds is 4. The third-order valence-electron chi connectivity index (χ3n) is 3.20. The molecule has 0 aliphatic rings. The van der Waals surface area contributed by atoms with Crippen LogP contribution in [0, 0.1) is 0 Å².